The van der Waals surface area contributed by atoms with Crippen molar-refractivity contribution in [2.75, 3.05) is 25.1 Å². The maximum atomic E-state index is 5.93. The van der Waals surface area contributed by atoms with Crippen LogP contribution in [-0.2, 0) is 17.6 Å². The van der Waals surface area contributed by atoms with Crippen LogP contribution in [0.5, 0.6) is 0 Å². The van der Waals surface area contributed by atoms with E-state index in [1.807, 2.05) is 0 Å². The summed E-state index contributed by atoms with van der Waals surface area (Å²) in [4.78, 5) is 4.40. The number of anilines is 1. The van der Waals surface area contributed by atoms with Gasteiger partial charge in [-0.15, -0.1) is 0 Å². The molecule has 1 atom stereocenters. The molecule has 0 spiro atoms. The second kappa shape index (κ2) is 5.61. The summed E-state index contributed by atoms with van der Waals surface area (Å²) in [7, 11) is 0. The molecular weight excluding hydrogens is 238 g/mol. The van der Waals surface area contributed by atoms with Gasteiger partial charge in [0.05, 0.1) is 6.61 Å². The Morgan fingerprint density at radius 2 is 2.26 bits per heavy atom. The van der Waals surface area contributed by atoms with Crippen molar-refractivity contribution in [2.45, 2.75) is 25.7 Å². The number of nitrogens with two attached hydrogens (primary N) is 1. The van der Waals surface area contributed by atoms with Gasteiger partial charge in [0, 0.05) is 24.8 Å². The number of benzene rings is 1. The lowest BCUT2D eigenvalue weighted by Gasteiger charge is -2.09. The van der Waals surface area contributed by atoms with Crippen molar-refractivity contribution in [1.82, 2.24) is 0 Å². The van der Waals surface area contributed by atoms with Crippen LogP contribution in [0.15, 0.2) is 23.2 Å². The zero-order chi connectivity index (χ0) is 13.1. The van der Waals surface area contributed by atoms with E-state index in [1.54, 1.807) is 0 Å². The predicted octanol–water partition coefficient (Wildman–Crippen LogP) is 1.94. The second-order valence-electron chi connectivity index (χ2n) is 5.42. The van der Waals surface area contributed by atoms with E-state index in [0.29, 0.717) is 11.9 Å². The van der Waals surface area contributed by atoms with E-state index < -0.39 is 0 Å². The number of hydrogen-bond acceptors (Lipinski definition) is 2. The Labute approximate surface area is 114 Å². The molecule has 19 heavy (non-hydrogen) atoms. The van der Waals surface area contributed by atoms with Crippen molar-refractivity contribution in [3.8, 4) is 0 Å². The lowest BCUT2D eigenvalue weighted by Crippen LogP contribution is -2.24. The average molecular weight is 259 g/mol. The first-order valence-corrected chi connectivity index (χ1v) is 7.08. The van der Waals surface area contributed by atoms with Crippen molar-refractivity contribution in [1.29, 1.82) is 0 Å². The van der Waals surface area contributed by atoms with Crippen LogP contribution >= 0.6 is 0 Å². The summed E-state index contributed by atoms with van der Waals surface area (Å²) in [6.45, 7) is 2.43. The van der Waals surface area contributed by atoms with Gasteiger partial charge in [-0.3, -0.25) is 4.99 Å². The van der Waals surface area contributed by atoms with Crippen LogP contribution in [0.2, 0.25) is 0 Å². The first kappa shape index (κ1) is 12.5. The van der Waals surface area contributed by atoms with Crippen LogP contribution in [-0.4, -0.2) is 25.7 Å². The van der Waals surface area contributed by atoms with Gasteiger partial charge in [0.15, 0.2) is 5.96 Å². The molecule has 0 aromatic heterocycles. The third kappa shape index (κ3) is 3.07. The molecule has 1 aromatic rings. The Balaban J connectivity index is 1.59. The molecule has 0 saturated carbocycles. The van der Waals surface area contributed by atoms with Crippen molar-refractivity contribution in [2.24, 2.45) is 16.6 Å². The predicted molar refractivity (Wildman–Crippen MR) is 77.5 cm³/mol. The number of fused-ring (bicyclic) bond motifs is 1. The molecule has 0 amide bonds. The molecular formula is C15H21N3O. The third-order valence-corrected chi connectivity index (χ3v) is 3.91. The SMILES string of the molecule is NC(=NCC1CCOC1)Nc1ccc2c(c1)CCC2. The molecule has 4 heteroatoms. The maximum absolute atomic E-state index is 5.93. The zero-order valence-electron chi connectivity index (χ0n) is 11.2. The number of nitrogens with zero attached hydrogens (tertiary/aromatic N) is 1. The second-order valence-corrected chi connectivity index (χ2v) is 5.42. The molecule has 4 nitrogen and oxygen atoms in total. The van der Waals surface area contributed by atoms with Crippen molar-refractivity contribution in [3.63, 3.8) is 0 Å². The number of aliphatic imine (C=N–C) groups is 1. The summed E-state index contributed by atoms with van der Waals surface area (Å²) in [6, 6.07) is 6.48. The zero-order valence-corrected chi connectivity index (χ0v) is 11.2. The van der Waals surface area contributed by atoms with E-state index in [1.165, 1.54) is 30.4 Å². The van der Waals surface area contributed by atoms with Crippen LogP contribution in [0, 0.1) is 5.92 Å². The van der Waals surface area contributed by atoms with Gasteiger partial charge in [0.1, 0.15) is 0 Å². The monoisotopic (exact) mass is 259 g/mol. The molecule has 1 fully saturated rings. The standard InChI is InChI=1S/C15H21N3O/c16-15(17-9-11-6-7-19-10-11)18-14-5-4-12-2-1-3-13(12)8-14/h4-5,8,11H,1-3,6-7,9-10H2,(H3,16,17,18). The van der Waals surface area contributed by atoms with E-state index in [4.69, 9.17) is 10.5 Å². The maximum Gasteiger partial charge on any atom is 0.193 e. The Kier molecular flexibility index (Phi) is 3.69. The Morgan fingerprint density at radius 3 is 3.11 bits per heavy atom. The molecule has 1 aliphatic carbocycles. The first-order valence-electron chi connectivity index (χ1n) is 7.08. The molecule has 1 aliphatic heterocycles. The van der Waals surface area contributed by atoms with Gasteiger partial charge in [-0.2, -0.15) is 0 Å². The lowest BCUT2D eigenvalue weighted by molar-refractivity contribution is 0.187. The Morgan fingerprint density at radius 1 is 1.37 bits per heavy atom. The molecule has 0 radical (unpaired) electrons. The van der Waals surface area contributed by atoms with Crippen molar-refractivity contribution < 1.29 is 4.74 Å². The highest BCUT2D eigenvalue weighted by Gasteiger charge is 2.15. The van der Waals surface area contributed by atoms with E-state index >= 15 is 0 Å². The van der Waals surface area contributed by atoms with Gasteiger partial charge >= 0.3 is 0 Å². The van der Waals surface area contributed by atoms with Gasteiger partial charge in [-0.1, -0.05) is 6.07 Å². The molecule has 102 valence electrons. The van der Waals surface area contributed by atoms with Gasteiger partial charge in [-0.25, -0.2) is 0 Å². The van der Waals surface area contributed by atoms with Crippen molar-refractivity contribution in [3.05, 3.63) is 29.3 Å². The highest BCUT2D eigenvalue weighted by molar-refractivity contribution is 5.92. The van der Waals surface area contributed by atoms with Crippen LogP contribution < -0.4 is 11.1 Å². The van der Waals surface area contributed by atoms with Gasteiger partial charge in [0.25, 0.3) is 0 Å². The molecule has 1 unspecified atom stereocenters. The van der Waals surface area contributed by atoms with Gasteiger partial charge in [0.2, 0.25) is 0 Å². The summed E-state index contributed by atoms with van der Waals surface area (Å²) < 4.78 is 5.33. The first-order chi connectivity index (χ1) is 9.31. The number of aryl methyl sites for hydroxylation is 2. The highest BCUT2D eigenvalue weighted by atomic mass is 16.5. The van der Waals surface area contributed by atoms with Crippen LogP contribution in [0.1, 0.15) is 24.0 Å². The minimum atomic E-state index is 0.504. The quantitative estimate of drug-likeness (QED) is 0.644. The topological polar surface area (TPSA) is 59.6 Å². The molecule has 3 N–H and O–H groups in total. The van der Waals surface area contributed by atoms with Gasteiger partial charge < -0.3 is 15.8 Å². The van der Waals surface area contributed by atoms with Crippen LogP contribution in [0.25, 0.3) is 0 Å². The normalized spacial score (nSPS) is 22.5. The molecule has 3 rings (SSSR count). The minimum absolute atomic E-state index is 0.504. The lowest BCUT2D eigenvalue weighted by atomic mass is 10.1. The molecule has 1 saturated heterocycles. The molecule has 2 aliphatic rings. The van der Waals surface area contributed by atoms with E-state index in [0.717, 1.165) is 31.9 Å². The fourth-order valence-corrected chi connectivity index (χ4v) is 2.79. The van der Waals surface area contributed by atoms with Crippen molar-refractivity contribution >= 4 is 11.6 Å². The molecule has 0 bridgehead atoms. The number of ether oxygens (including phenoxy) is 1. The number of hydrogen-bond donors (Lipinski definition) is 2. The van der Waals surface area contributed by atoms with Crippen LogP contribution in [0.4, 0.5) is 5.69 Å². The van der Waals surface area contributed by atoms with Crippen LogP contribution in [0.3, 0.4) is 0 Å². The Bertz CT molecular complexity index is 478. The summed E-state index contributed by atoms with van der Waals surface area (Å²) in [5.74, 6) is 1.03. The Hall–Kier alpha value is -1.55. The fourth-order valence-electron chi connectivity index (χ4n) is 2.79. The highest BCUT2D eigenvalue weighted by Crippen LogP contribution is 2.24. The number of guanidine groups is 1. The third-order valence-electron chi connectivity index (χ3n) is 3.91. The number of nitrogens with one attached hydrogen (secondary N) is 1. The number of rotatable bonds is 3. The minimum Gasteiger partial charge on any atom is -0.381 e. The molecule has 1 heterocycles. The van der Waals surface area contributed by atoms with E-state index in [9.17, 15) is 0 Å². The average Bonchev–Trinajstić information content (AvgIpc) is 3.07. The molecule has 1 aromatic carbocycles. The van der Waals surface area contributed by atoms with E-state index in [-0.39, 0.29) is 0 Å². The summed E-state index contributed by atoms with van der Waals surface area (Å²) >= 11 is 0. The fraction of sp³-hybridized carbons (Fsp3) is 0.533. The summed E-state index contributed by atoms with van der Waals surface area (Å²) in [5, 5.41) is 3.18. The van der Waals surface area contributed by atoms with Gasteiger partial charge in [-0.05, 0) is 48.9 Å². The smallest absolute Gasteiger partial charge is 0.193 e. The van der Waals surface area contributed by atoms with E-state index in [2.05, 4.69) is 28.5 Å². The largest absolute Gasteiger partial charge is 0.381 e. The summed E-state index contributed by atoms with van der Waals surface area (Å²) in [6.07, 6.45) is 4.75. The summed E-state index contributed by atoms with van der Waals surface area (Å²) in [5.41, 5.74) is 9.90.